The van der Waals surface area contributed by atoms with Crippen LogP contribution in [0.4, 0.5) is 23.1 Å². The van der Waals surface area contributed by atoms with Crippen LogP contribution in [-0.4, -0.2) is 40.8 Å². The molecule has 9 heteroatoms. The molecule has 0 bridgehead atoms. The van der Waals surface area contributed by atoms with Crippen molar-refractivity contribution in [1.82, 2.24) is 15.0 Å². The van der Waals surface area contributed by atoms with E-state index in [9.17, 15) is 4.79 Å². The minimum atomic E-state index is -0.649. The summed E-state index contributed by atoms with van der Waals surface area (Å²) < 4.78 is 0. The maximum atomic E-state index is 12.7. The first-order valence-electron chi connectivity index (χ1n) is 13.1. The number of benzene rings is 3. The number of H-pyrrole nitrogens is 1. The molecule has 8 nitrogen and oxygen atoms in total. The first-order valence-corrected chi connectivity index (χ1v) is 13.1. The number of nitrogens with zero attached hydrogens (tertiary/aromatic N) is 2. The van der Waals surface area contributed by atoms with Crippen LogP contribution in [0.15, 0.2) is 91.3 Å². The first kappa shape index (κ1) is 26.0. The molecule has 196 valence electrons. The number of hydrogen-bond donors (Lipinski definition) is 5. The van der Waals surface area contributed by atoms with E-state index in [1.54, 1.807) is 6.20 Å². The molecule has 2 unspecified atom stereocenters. The standard InChI is InChI=1S/C30H32BN7O/c1-19(14-21-17-33-27-13-6-5-12-24(21)27)35-28-25(31)18-34-30(38-28)37-23-11-7-10-22(16-23)36-29(39)26(32)15-20-8-3-2-4-9-20/h2-13,16-19,26,33H,14-15,31-32H2,1H3,(H,36,39)(H2,34,35,37,38). The number of aromatic nitrogens is 3. The summed E-state index contributed by atoms with van der Waals surface area (Å²) in [6, 6.07) is 25.0. The second-order valence-corrected chi connectivity index (χ2v) is 9.83. The Bertz CT molecular complexity index is 1570. The van der Waals surface area contributed by atoms with E-state index in [4.69, 9.17) is 10.7 Å². The molecule has 6 N–H and O–H groups in total. The van der Waals surface area contributed by atoms with E-state index in [2.05, 4.69) is 57.2 Å². The van der Waals surface area contributed by atoms with Crippen LogP contribution in [0, 0.1) is 0 Å². The molecule has 0 spiro atoms. The van der Waals surface area contributed by atoms with Gasteiger partial charge in [-0.05, 0) is 60.6 Å². The fraction of sp³-hybridized carbons (Fsp3) is 0.167. The zero-order chi connectivity index (χ0) is 27.2. The molecule has 3 aromatic carbocycles. The number of rotatable bonds is 10. The van der Waals surface area contributed by atoms with Crippen molar-refractivity contribution in [1.29, 1.82) is 0 Å². The minimum absolute atomic E-state index is 0.157. The normalized spacial score (nSPS) is 12.6. The summed E-state index contributed by atoms with van der Waals surface area (Å²) in [5.74, 6) is 1.00. The van der Waals surface area contributed by atoms with Gasteiger partial charge in [0.05, 0.1) is 6.04 Å². The topological polar surface area (TPSA) is 121 Å². The maximum Gasteiger partial charge on any atom is 0.241 e. The van der Waals surface area contributed by atoms with Crippen LogP contribution in [-0.2, 0) is 17.6 Å². The molecule has 0 aliphatic carbocycles. The highest BCUT2D eigenvalue weighted by molar-refractivity contribution is 6.35. The number of nitrogens with two attached hydrogens (primary N) is 1. The number of nitrogens with one attached hydrogen (secondary N) is 4. The predicted octanol–water partition coefficient (Wildman–Crippen LogP) is 3.51. The van der Waals surface area contributed by atoms with E-state index in [0.717, 1.165) is 34.5 Å². The molecule has 5 aromatic rings. The molecule has 0 saturated heterocycles. The average molecular weight is 517 g/mol. The summed E-state index contributed by atoms with van der Waals surface area (Å²) in [5.41, 5.74) is 11.9. The zero-order valence-electron chi connectivity index (χ0n) is 22.1. The fourth-order valence-corrected chi connectivity index (χ4v) is 4.56. The number of anilines is 4. The van der Waals surface area contributed by atoms with Gasteiger partial charge in [0.15, 0.2) is 0 Å². The number of carbonyl (C=O) groups excluding carboxylic acids is 1. The Hall–Kier alpha value is -4.63. The molecular weight excluding hydrogens is 485 g/mol. The smallest absolute Gasteiger partial charge is 0.241 e. The van der Waals surface area contributed by atoms with Crippen LogP contribution in [0.2, 0.25) is 0 Å². The third kappa shape index (κ3) is 6.63. The summed E-state index contributed by atoms with van der Waals surface area (Å²) in [5, 5.41) is 10.9. The molecule has 2 atom stereocenters. The highest BCUT2D eigenvalue weighted by Crippen LogP contribution is 2.21. The lowest BCUT2D eigenvalue weighted by molar-refractivity contribution is -0.117. The van der Waals surface area contributed by atoms with Crippen LogP contribution < -0.4 is 27.1 Å². The van der Waals surface area contributed by atoms with Crippen molar-refractivity contribution in [3.8, 4) is 0 Å². The van der Waals surface area contributed by atoms with Crippen LogP contribution in [0.3, 0.4) is 0 Å². The molecule has 0 radical (unpaired) electrons. The van der Waals surface area contributed by atoms with Gasteiger partial charge in [0.1, 0.15) is 13.7 Å². The highest BCUT2D eigenvalue weighted by atomic mass is 16.2. The summed E-state index contributed by atoms with van der Waals surface area (Å²) in [6.45, 7) is 2.14. The largest absolute Gasteiger partial charge is 0.368 e. The number of aromatic amines is 1. The average Bonchev–Trinajstić information content (AvgIpc) is 3.34. The number of carbonyl (C=O) groups is 1. The minimum Gasteiger partial charge on any atom is -0.368 e. The van der Waals surface area contributed by atoms with Gasteiger partial charge < -0.3 is 26.7 Å². The van der Waals surface area contributed by atoms with Gasteiger partial charge in [-0.3, -0.25) is 4.79 Å². The van der Waals surface area contributed by atoms with Gasteiger partial charge in [0, 0.05) is 40.7 Å². The maximum absolute atomic E-state index is 12.7. The van der Waals surface area contributed by atoms with Gasteiger partial charge in [-0.2, -0.15) is 4.98 Å². The summed E-state index contributed by atoms with van der Waals surface area (Å²) in [7, 11) is 1.99. The van der Waals surface area contributed by atoms with Gasteiger partial charge in [-0.15, -0.1) is 0 Å². The molecular formula is C30H32BN7O. The highest BCUT2D eigenvalue weighted by Gasteiger charge is 2.15. The van der Waals surface area contributed by atoms with Gasteiger partial charge in [0.2, 0.25) is 11.9 Å². The van der Waals surface area contributed by atoms with Crippen LogP contribution in [0.5, 0.6) is 0 Å². The van der Waals surface area contributed by atoms with Crippen molar-refractivity contribution in [2.75, 3.05) is 16.0 Å². The molecule has 0 saturated carbocycles. The third-order valence-electron chi connectivity index (χ3n) is 6.58. The Labute approximate surface area is 228 Å². The SMILES string of the molecule is Bc1cnc(Nc2cccc(NC(=O)C(N)Cc3ccccc3)c2)nc1NC(C)Cc1c[nH]c2ccccc12. The van der Waals surface area contributed by atoms with Crippen LogP contribution >= 0.6 is 0 Å². The Morgan fingerprint density at radius 3 is 2.62 bits per heavy atom. The summed E-state index contributed by atoms with van der Waals surface area (Å²) in [4.78, 5) is 25.2. The number of hydrogen-bond acceptors (Lipinski definition) is 6. The summed E-state index contributed by atoms with van der Waals surface area (Å²) in [6.07, 6.45) is 5.19. The number of fused-ring (bicyclic) bond motifs is 1. The van der Waals surface area contributed by atoms with E-state index in [0.29, 0.717) is 18.1 Å². The van der Waals surface area contributed by atoms with E-state index in [1.165, 1.54) is 10.9 Å². The van der Waals surface area contributed by atoms with E-state index in [1.807, 2.05) is 68.5 Å². The first-order chi connectivity index (χ1) is 18.9. The van der Waals surface area contributed by atoms with Gasteiger partial charge >= 0.3 is 0 Å². The second kappa shape index (κ2) is 11.8. The van der Waals surface area contributed by atoms with E-state index >= 15 is 0 Å². The molecule has 0 aliphatic heterocycles. The van der Waals surface area contributed by atoms with Crippen LogP contribution in [0.25, 0.3) is 10.9 Å². The van der Waals surface area contributed by atoms with Gasteiger partial charge in [-0.1, -0.05) is 54.6 Å². The van der Waals surface area contributed by atoms with Crippen molar-refractivity contribution in [3.05, 3.63) is 102 Å². The molecule has 0 fully saturated rings. The molecule has 1 amide bonds. The lowest BCUT2D eigenvalue weighted by atomic mass is 9.98. The Morgan fingerprint density at radius 2 is 1.77 bits per heavy atom. The van der Waals surface area contributed by atoms with E-state index in [-0.39, 0.29) is 11.9 Å². The predicted molar refractivity (Wildman–Crippen MR) is 162 cm³/mol. The van der Waals surface area contributed by atoms with Crippen LogP contribution in [0.1, 0.15) is 18.1 Å². The molecule has 2 heterocycles. The monoisotopic (exact) mass is 517 g/mol. The molecule has 0 aliphatic rings. The van der Waals surface area contributed by atoms with Gasteiger partial charge in [0.25, 0.3) is 0 Å². The van der Waals surface area contributed by atoms with Crippen molar-refractivity contribution < 1.29 is 4.79 Å². The quantitative estimate of drug-likeness (QED) is 0.181. The molecule has 2 aromatic heterocycles. The van der Waals surface area contributed by atoms with Crippen molar-refractivity contribution in [2.24, 2.45) is 5.73 Å². The number of para-hydroxylation sites is 1. The number of amides is 1. The summed E-state index contributed by atoms with van der Waals surface area (Å²) >= 11 is 0. The molecule has 39 heavy (non-hydrogen) atoms. The van der Waals surface area contributed by atoms with Crippen molar-refractivity contribution in [2.45, 2.75) is 31.8 Å². The zero-order valence-corrected chi connectivity index (χ0v) is 22.1. The molecule has 5 rings (SSSR count). The Kier molecular flexibility index (Phi) is 7.89. The van der Waals surface area contributed by atoms with Crippen molar-refractivity contribution in [3.63, 3.8) is 0 Å². The lowest BCUT2D eigenvalue weighted by Crippen LogP contribution is -2.37. The Morgan fingerprint density at radius 1 is 1.00 bits per heavy atom. The Balaban J connectivity index is 1.22. The van der Waals surface area contributed by atoms with Crippen molar-refractivity contribution >= 4 is 53.3 Å². The fourth-order valence-electron chi connectivity index (χ4n) is 4.56. The third-order valence-corrected chi connectivity index (χ3v) is 6.58. The second-order valence-electron chi connectivity index (χ2n) is 9.83. The lowest BCUT2D eigenvalue weighted by Gasteiger charge is -2.17. The van der Waals surface area contributed by atoms with Gasteiger partial charge in [-0.25, -0.2) is 4.98 Å². The van der Waals surface area contributed by atoms with E-state index < -0.39 is 6.04 Å².